The summed E-state index contributed by atoms with van der Waals surface area (Å²) < 4.78 is 32.8. The van der Waals surface area contributed by atoms with E-state index in [4.69, 9.17) is 14.1 Å². The minimum Gasteiger partial charge on any atom is -0.292 e. The van der Waals surface area contributed by atoms with E-state index < -0.39 is 6.85 Å². The van der Waals surface area contributed by atoms with E-state index in [0.717, 1.165) is 94.5 Å². The smallest absolute Gasteiger partial charge is 0.220 e. The largest absolute Gasteiger partial charge is 0.292 e. The van der Waals surface area contributed by atoms with Crippen LogP contribution in [0.2, 0.25) is 0 Å². The van der Waals surface area contributed by atoms with Crippen molar-refractivity contribution in [3.05, 3.63) is 223 Å². The van der Waals surface area contributed by atoms with Crippen LogP contribution in [0.3, 0.4) is 0 Å². The lowest BCUT2D eigenvalue weighted by atomic mass is 9.85. The number of rotatable bonds is 7. The van der Waals surface area contributed by atoms with Gasteiger partial charge in [0.15, 0.2) is 0 Å². The first-order chi connectivity index (χ1) is 35.1. The SMILES string of the molecule is [2H]C([2H])([2H])c1ccccc1-n1c(-c2ccc3c4ccccc4n(-c4nc5c(-c6cccc(C(C)(C)C)c6)cccc5n4-c4ccc(C(C)(C)C)cc4-c4ccccc4)c3c2)nc2ccc(-c3ccccc3)cc21. The number of benzene rings is 9. The summed E-state index contributed by atoms with van der Waals surface area (Å²) in [6.45, 7) is 11.2. The zero-order valence-corrected chi connectivity index (χ0v) is 40.4. The first-order valence-electron chi connectivity index (χ1n) is 25.7. The number of nitrogens with zero attached hydrogens (tertiary/aromatic N) is 5. The van der Waals surface area contributed by atoms with E-state index in [1.54, 1.807) is 12.1 Å². The van der Waals surface area contributed by atoms with Crippen molar-refractivity contribution in [3.63, 3.8) is 0 Å². The highest BCUT2D eigenvalue weighted by Gasteiger charge is 2.27. The third-order valence-corrected chi connectivity index (χ3v) is 13.9. The fraction of sp³-hybridized carbons (Fsp3) is 0.138. The van der Waals surface area contributed by atoms with Crippen LogP contribution in [0.1, 0.15) is 62.3 Å². The van der Waals surface area contributed by atoms with E-state index in [9.17, 15) is 0 Å². The molecule has 3 heterocycles. The average molecular weight is 909 g/mol. The van der Waals surface area contributed by atoms with Crippen molar-refractivity contribution in [2.24, 2.45) is 0 Å². The first kappa shape index (κ1) is 39.7. The van der Waals surface area contributed by atoms with Gasteiger partial charge in [0.1, 0.15) is 5.82 Å². The molecule has 3 aromatic heterocycles. The Morgan fingerprint density at radius 2 is 1.03 bits per heavy atom. The number of imidazole rings is 2. The van der Waals surface area contributed by atoms with Crippen LogP contribution in [-0.4, -0.2) is 23.7 Å². The van der Waals surface area contributed by atoms with Crippen LogP contribution in [-0.2, 0) is 10.8 Å². The maximum Gasteiger partial charge on any atom is 0.220 e. The van der Waals surface area contributed by atoms with Crippen molar-refractivity contribution in [1.29, 1.82) is 0 Å². The quantitative estimate of drug-likeness (QED) is 0.160. The summed E-state index contributed by atoms with van der Waals surface area (Å²) in [5.41, 5.74) is 16.8. The molecule has 0 aliphatic carbocycles. The minimum atomic E-state index is -2.38. The summed E-state index contributed by atoms with van der Waals surface area (Å²) in [6.07, 6.45) is 0. The van der Waals surface area contributed by atoms with Crippen molar-refractivity contribution in [2.45, 2.75) is 59.2 Å². The second kappa shape index (κ2) is 16.5. The molecule has 12 aromatic rings. The monoisotopic (exact) mass is 908 g/mol. The molecule has 0 aliphatic rings. The summed E-state index contributed by atoms with van der Waals surface area (Å²) in [5, 5.41) is 2.14. The van der Waals surface area contributed by atoms with Crippen molar-refractivity contribution in [1.82, 2.24) is 23.7 Å². The molecule has 12 rings (SSSR count). The predicted molar refractivity (Wildman–Crippen MR) is 294 cm³/mol. The zero-order valence-electron chi connectivity index (χ0n) is 43.4. The van der Waals surface area contributed by atoms with Gasteiger partial charge in [-0.1, -0.05) is 199 Å². The molecule has 0 saturated heterocycles. The average Bonchev–Trinajstić information content (AvgIpc) is 4.08. The number of hydrogen-bond donors (Lipinski definition) is 0. The number of aromatic nitrogens is 5. The van der Waals surface area contributed by atoms with Crippen molar-refractivity contribution in [2.75, 3.05) is 0 Å². The maximum absolute atomic E-state index is 8.71. The van der Waals surface area contributed by atoms with Gasteiger partial charge in [-0.3, -0.25) is 13.7 Å². The van der Waals surface area contributed by atoms with Gasteiger partial charge in [0.05, 0.1) is 44.5 Å². The molecule has 0 radical (unpaired) electrons. The number of aryl methyl sites for hydroxylation is 1. The molecule has 0 spiro atoms. The van der Waals surface area contributed by atoms with Gasteiger partial charge in [-0.2, -0.15) is 0 Å². The molecular formula is C65H55N5. The second-order valence-corrected chi connectivity index (χ2v) is 20.5. The van der Waals surface area contributed by atoms with Crippen LogP contribution in [0.25, 0.3) is 106 Å². The van der Waals surface area contributed by atoms with E-state index in [1.165, 1.54) is 11.1 Å². The lowest BCUT2D eigenvalue weighted by Gasteiger charge is -2.23. The van der Waals surface area contributed by atoms with Gasteiger partial charge < -0.3 is 0 Å². The molecule has 0 N–H and O–H groups in total. The summed E-state index contributed by atoms with van der Waals surface area (Å²) in [7, 11) is 0. The molecule has 0 unspecified atom stereocenters. The molecule has 340 valence electrons. The van der Waals surface area contributed by atoms with Gasteiger partial charge in [-0.05, 0) is 105 Å². The van der Waals surface area contributed by atoms with Gasteiger partial charge in [0.2, 0.25) is 5.95 Å². The molecular weight excluding hydrogens is 851 g/mol. The van der Waals surface area contributed by atoms with Gasteiger partial charge in [-0.25, -0.2) is 9.97 Å². The Morgan fingerprint density at radius 3 is 1.81 bits per heavy atom. The standard InChI is InChI=1S/C65H55N5/c1-42-20-14-16-29-55(42)68-60-39-45(43-21-10-8-11-22-43)33-36-54(60)66-62(68)47-32-35-52-51-27-15-17-30-56(51)70(59(52)40-47)63-67-61-50(46-25-18-26-48(38-46)64(2,3)4)28-19-31-58(61)69(63)57-37-34-49(65(5,6)7)41-53(57)44-23-12-9-13-24-44/h8-41H,1-7H3/i1D3. The van der Waals surface area contributed by atoms with Gasteiger partial charge in [0.25, 0.3) is 0 Å². The third-order valence-electron chi connectivity index (χ3n) is 13.9. The van der Waals surface area contributed by atoms with E-state index in [0.29, 0.717) is 11.5 Å². The lowest BCUT2D eigenvalue weighted by Crippen LogP contribution is -2.12. The summed E-state index contributed by atoms with van der Waals surface area (Å²) in [5.74, 6) is 1.38. The molecule has 0 amide bonds. The topological polar surface area (TPSA) is 40.6 Å². The Hall–Kier alpha value is -8.28. The third kappa shape index (κ3) is 7.23. The fourth-order valence-corrected chi connectivity index (χ4v) is 10.2. The fourth-order valence-electron chi connectivity index (χ4n) is 10.2. The minimum absolute atomic E-state index is 0.0476. The Bertz CT molecular complexity index is 4090. The predicted octanol–water partition coefficient (Wildman–Crippen LogP) is 17.0. The highest BCUT2D eigenvalue weighted by Crippen LogP contribution is 2.42. The van der Waals surface area contributed by atoms with E-state index in [1.807, 2.05) is 41.0 Å². The summed E-state index contributed by atoms with van der Waals surface area (Å²) in [4.78, 5) is 11.2. The molecule has 0 saturated carbocycles. The lowest BCUT2D eigenvalue weighted by molar-refractivity contribution is 0.590. The summed E-state index contributed by atoms with van der Waals surface area (Å²) >= 11 is 0. The van der Waals surface area contributed by atoms with E-state index in [-0.39, 0.29) is 16.4 Å². The normalized spacial score (nSPS) is 13.0. The van der Waals surface area contributed by atoms with Crippen molar-refractivity contribution >= 4 is 43.9 Å². The highest BCUT2D eigenvalue weighted by atomic mass is 15.3. The first-order valence-corrected chi connectivity index (χ1v) is 24.2. The Balaban J connectivity index is 1.18. The van der Waals surface area contributed by atoms with Gasteiger partial charge >= 0.3 is 0 Å². The summed E-state index contributed by atoms with van der Waals surface area (Å²) in [6, 6.07) is 71.9. The number of para-hydroxylation sites is 3. The van der Waals surface area contributed by atoms with Crippen LogP contribution in [0.15, 0.2) is 206 Å². The van der Waals surface area contributed by atoms with E-state index in [2.05, 4.69) is 208 Å². The van der Waals surface area contributed by atoms with Crippen LogP contribution in [0.5, 0.6) is 0 Å². The highest BCUT2D eigenvalue weighted by molar-refractivity contribution is 6.10. The van der Waals surface area contributed by atoms with Gasteiger partial charge in [0, 0.05) is 31.6 Å². The molecule has 70 heavy (non-hydrogen) atoms. The van der Waals surface area contributed by atoms with E-state index >= 15 is 0 Å². The molecule has 0 bridgehead atoms. The molecule has 0 aliphatic heterocycles. The molecule has 0 fully saturated rings. The Kier molecular flexibility index (Phi) is 9.33. The zero-order chi connectivity index (χ0) is 50.4. The molecule has 5 heteroatoms. The van der Waals surface area contributed by atoms with Gasteiger partial charge in [-0.15, -0.1) is 0 Å². The van der Waals surface area contributed by atoms with Crippen molar-refractivity contribution in [3.8, 4) is 62.1 Å². The van der Waals surface area contributed by atoms with Crippen LogP contribution >= 0.6 is 0 Å². The number of hydrogen-bond acceptors (Lipinski definition) is 2. The number of fused-ring (bicyclic) bond motifs is 5. The Morgan fingerprint density at radius 1 is 0.386 bits per heavy atom. The molecule has 5 nitrogen and oxygen atoms in total. The second-order valence-electron chi connectivity index (χ2n) is 20.5. The van der Waals surface area contributed by atoms with Crippen LogP contribution < -0.4 is 0 Å². The van der Waals surface area contributed by atoms with Crippen LogP contribution in [0, 0.1) is 6.85 Å². The molecule has 0 atom stereocenters. The maximum atomic E-state index is 8.71. The Labute approximate surface area is 414 Å². The molecule has 9 aromatic carbocycles. The van der Waals surface area contributed by atoms with Crippen LogP contribution in [0.4, 0.5) is 0 Å². The van der Waals surface area contributed by atoms with Crippen molar-refractivity contribution < 1.29 is 4.11 Å².